The number of nitrogens with zero attached hydrogens (tertiary/aromatic N) is 1. The average molecular weight is 549 g/mol. The molecule has 0 aliphatic carbocycles. The number of urea groups is 1. The smallest absolute Gasteiger partial charge is 0.352 e. The Morgan fingerprint density at radius 3 is 2.16 bits per heavy atom. The summed E-state index contributed by atoms with van der Waals surface area (Å²) in [6, 6.07) is 12.2. The van der Waals surface area contributed by atoms with E-state index in [0.29, 0.717) is 23.8 Å². The van der Waals surface area contributed by atoms with E-state index in [-0.39, 0.29) is 42.6 Å². The molecule has 10 heteroatoms. The summed E-state index contributed by atoms with van der Waals surface area (Å²) in [6.07, 6.45) is -4.37. The molecular formula is C21H27F3IN5O. The average Bonchev–Trinajstić information content (AvgIpc) is 2.68. The maximum Gasteiger partial charge on any atom is 0.416 e. The van der Waals surface area contributed by atoms with Gasteiger partial charge in [-0.1, -0.05) is 24.3 Å². The predicted octanol–water partition coefficient (Wildman–Crippen LogP) is 4.72. The number of carbonyl (C=O) groups is 1. The van der Waals surface area contributed by atoms with E-state index in [1.165, 1.54) is 6.07 Å². The van der Waals surface area contributed by atoms with Crippen molar-refractivity contribution in [2.45, 2.75) is 39.2 Å². The number of amides is 2. The van der Waals surface area contributed by atoms with Crippen LogP contribution in [0.5, 0.6) is 0 Å². The van der Waals surface area contributed by atoms with Crippen molar-refractivity contribution < 1.29 is 18.0 Å². The molecule has 0 aliphatic heterocycles. The molecule has 0 heterocycles. The Kier molecular flexibility index (Phi) is 10.6. The summed E-state index contributed by atoms with van der Waals surface area (Å²) < 4.78 is 38.4. The fourth-order valence-corrected chi connectivity index (χ4v) is 2.59. The molecule has 4 N–H and O–H groups in total. The molecule has 170 valence electrons. The highest BCUT2D eigenvalue weighted by molar-refractivity contribution is 14.0. The van der Waals surface area contributed by atoms with E-state index >= 15 is 0 Å². The van der Waals surface area contributed by atoms with E-state index in [1.807, 2.05) is 26.0 Å². The van der Waals surface area contributed by atoms with E-state index < -0.39 is 11.7 Å². The second-order valence-electron chi connectivity index (χ2n) is 6.93. The van der Waals surface area contributed by atoms with Crippen LogP contribution in [0.15, 0.2) is 53.5 Å². The van der Waals surface area contributed by atoms with Gasteiger partial charge in [-0.2, -0.15) is 13.2 Å². The first-order valence-electron chi connectivity index (χ1n) is 9.44. The number of benzene rings is 2. The standard InChI is InChI=1S/C21H26F3N5O.HI/c1-14(2)28-20(30)29-18-9-7-15(8-10-18)12-26-19(25-3)27-13-16-5-4-6-17(11-16)21(22,23)24;/h4-11,14H,12-13H2,1-3H3,(H2,25,26,27)(H2,28,29,30);1H. The third kappa shape index (κ3) is 9.45. The van der Waals surface area contributed by atoms with Gasteiger partial charge in [0.15, 0.2) is 5.96 Å². The Morgan fingerprint density at radius 1 is 1.00 bits per heavy atom. The van der Waals surface area contributed by atoms with Gasteiger partial charge in [-0.25, -0.2) is 4.79 Å². The van der Waals surface area contributed by atoms with Gasteiger partial charge in [0.05, 0.1) is 5.56 Å². The van der Waals surface area contributed by atoms with Crippen molar-refractivity contribution >= 4 is 41.7 Å². The molecule has 0 unspecified atom stereocenters. The SMILES string of the molecule is CN=C(NCc1ccc(NC(=O)NC(C)C)cc1)NCc1cccc(C(F)(F)F)c1.I. The van der Waals surface area contributed by atoms with Gasteiger partial charge in [0.1, 0.15) is 0 Å². The third-order valence-corrected chi connectivity index (χ3v) is 4.03. The van der Waals surface area contributed by atoms with Crippen molar-refractivity contribution in [3.05, 3.63) is 65.2 Å². The number of halogens is 4. The number of nitrogens with one attached hydrogen (secondary N) is 4. The highest BCUT2D eigenvalue weighted by atomic mass is 127. The number of alkyl halides is 3. The zero-order valence-corrected chi connectivity index (χ0v) is 19.8. The molecular weight excluding hydrogens is 522 g/mol. The molecule has 6 nitrogen and oxygen atoms in total. The molecule has 0 fully saturated rings. The lowest BCUT2D eigenvalue weighted by atomic mass is 10.1. The monoisotopic (exact) mass is 549 g/mol. The van der Waals surface area contributed by atoms with E-state index in [2.05, 4.69) is 26.3 Å². The van der Waals surface area contributed by atoms with Crippen LogP contribution in [-0.4, -0.2) is 25.1 Å². The number of carbonyl (C=O) groups excluding carboxylic acids is 1. The summed E-state index contributed by atoms with van der Waals surface area (Å²) in [4.78, 5) is 15.8. The molecule has 0 radical (unpaired) electrons. The lowest BCUT2D eigenvalue weighted by Crippen LogP contribution is -2.36. The Morgan fingerprint density at radius 2 is 1.61 bits per heavy atom. The van der Waals surface area contributed by atoms with Crippen LogP contribution in [0, 0.1) is 0 Å². The predicted molar refractivity (Wildman–Crippen MR) is 128 cm³/mol. The number of hydrogen-bond acceptors (Lipinski definition) is 2. The van der Waals surface area contributed by atoms with E-state index in [1.54, 1.807) is 25.2 Å². The van der Waals surface area contributed by atoms with E-state index in [4.69, 9.17) is 0 Å². The number of rotatable bonds is 6. The number of aliphatic imine (C=N–C) groups is 1. The van der Waals surface area contributed by atoms with Crippen molar-refractivity contribution in [3.63, 3.8) is 0 Å². The zero-order chi connectivity index (χ0) is 22.1. The van der Waals surface area contributed by atoms with Crippen molar-refractivity contribution in [2.75, 3.05) is 12.4 Å². The van der Waals surface area contributed by atoms with Gasteiger partial charge < -0.3 is 21.3 Å². The molecule has 2 amide bonds. The first-order chi connectivity index (χ1) is 14.2. The summed E-state index contributed by atoms with van der Waals surface area (Å²) in [6.45, 7) is 4.42. The highest BCUT2D eigenvalue weighted by Crippen LogP contribution is 2.29. The van der Waals surface area contributed by atoms with Crippen molar-refractivity contribution in [1.29, 1.82) is 0 Å². The van der Waals surface area contributed by atoms with Gasteiger partial charge in [0, 0.05) is 31.9 Å². The highest BCUT2D eigenvalue weighted by Gasteiger charge is 2.30. The molecule has 0 aromatic heterocycles. The lowest BCUT2D eigenvalue weighted by molar-refractivity contribution is -0.137. The maximum atomic E-state index is 12.8. The number of guanidine groups is 1. The van der Waals surface area contributed by atoms with Gasteiger partial charge in [-0.15, -0.1) is 24.0 Å². The fourth-order valence-electron chi connectivity index (χ4n) is 2.59. The molecule has 0 spiro atoms. The summed E-state index contributed by atoms with van der Waals surface area (Å²) in [7, 11) is 1.59. The van der Waals surface area contributed by atoms with Crippen LogP contribution < -0.4 is 21.3 Å². The van der Waals surface area contributed by atoms with E-state index in [9.17, 15) is 18.0 Å². The van der Waals surface area contributed by atoms with Crippen LogP contribution in [0.3, 0.4) is 0 Å². The molecule has 0 atom stereocenters. The molecule has 2 aromatic carbocycles. The molecule has 0 saturated heterocycles. The van der Waals surface area contributed by atoms with Crippen LogP contribution in [0.2, 0.25) is 0 Å². The Bertz CT molecular complexity index is 870. The summed E-state index contributed by atoms with van der Waals surface area (Å²) in [5, 5.41) is 11.6. The molecule has 0 bridgehead atoms. The van der Waals surface area contributed by atoms with Crippen LogP contribution >= 0.6 is 24.0 Å². The zero-order valence-electron chi connectivity index (χ0n) is 17.5. The van der Waals surface area contributed by atoms with Crippen LogP contribution in [0.1, 0.15) is 30.5 Å². The minimum atomic E-state index is -4.37. The Hall–Kier alpha value is -2.50. The van der Waals surface area contributed by atoms with Crippen LogP contribution in [0.4, 0.5) is 23.7 Å². The minimum Gasteiger partial charge on any atom is -0.352 e. The summed E-state index contributed by atoms with van der Waals surface area (Å²) in [5.74, 6) is 0.464. The number of hydrogen-bond donors (Lipinski definition) is 4. The second kappa shape index (κ2) is 12.4. The molecule has 2 aromatic rings. The van der Waals surface area contributed by atoms with Gasteiger partial charge in [-0.3, -0.25) is 4.99 Å². The van der Waals surface area contributed by atoms with E-state index in [0.717, 1.165) is 17.7 Å². The van der Waals surface area contributed by atoms with Gasteiger partial charge in [0.25, 0.3) is 0 Å². The largest absolute Gasteiger partial charge is 0.416 e. The Balaban J connectivity index is 0.00000480. The topological polar surface area (TPSA) is 77.5 Å². The normalized spacial score (nSPS) is 11.5. The molecule has 2 rings (SSSR count). The first-order valence-corrected chi connectivity index (χ1v) is 9.44. The van der Waals surface area contributed by atoms with Gasteiger partial charge in [-0.05, 0) is 49.2 Å². The molecule has 0 saturated carbocycles. The summed E-state index contributed by atoms with van der Waals surface area (Å²) >= 11 is 0. The van der Waals surface area contributed by atoms with Crippen LogP contribution in [0.25, 0.3) is 0 Å². The van der Waals surface area contributed by atoms with Gasteiger partial charge >= 0.3 is 12.2 Å². The quantitative estimate of drug-likeness (QED) is 0.240. The van der Waals surface area contributed by atoms with Gasteiger partial charge in [0.2, 0.25) is 0 Å². The molecule has 0 aliphatic rings. The second-order valence-corrected chi connectivity index (χ2v) is 6.93. The maximum absolute atomic E-state index is 12.8. The van der Waals surface area contributed by atoms with Crippen LogP contribution in [-0.2, 0) is 19.3 Å². The minimum absolute atomic E-state index is 0. The third-order valence-electron chi connectivity index (χ3n) is 4.03. The van der Waals surface area contributed by atoms with Crippen molar-refractivity contribution in [1.82, 2.24) is 16.0 Å². The van der Waals surface area contributed by atoms with Crippen molar-refractivity contribution in [3.8, 4) is 0 Å². The molecule has 31 heavy (non-hydrogen) atoms. The summed E-state index contributed by atoms with van der Waals surface area (Å²) in [5.41, 5.74) is 1.44. The lowest BCUT2D eigenvalue weighted by Gasteiger charge is -2.14. The first kappa shape index (κ1) is 26.5. The fraction of sp³-hybridized carbons (Fsp3) is 0.333. The van der Waals surface area contributed by atoms with Crippen molar-refractivity contribution in [2.24, 2.45) is 4.99 Å². The Labute approximate surface area is 197 Å². The number of anilines is 1.